The van der Waals surface area contributed by atoms with E-state index < -0.39 is 0 Å². The first kappa shape index (κ1) is 14.9. The van der Waals surface area contributed by atoms with Gasteiger partial charge >= 0.3 is 0 Å². The highest BCUT2D eigenvalue weighted by Gasteiger charge is 2.18. The van der Waals surface area contributed by atoms with Gasteiger partial charge in [-0.05, 0) is 44.3 Å². The Kier molecular flexibility index (Phi) is 6.45. The Labute approximate surface area is 107 Å². The molecule has 0 aromatic heterocycles. The first-order valence-electron chi connectivity index (χ1n) is 7.22. The summed E-state index contributed by atoms with van der Waals surface area (Å²) in [6, 6.07) is 0. The third-order valence-electron chi connectivity index (χ3n) is 4.06. The third-order valence-corrected chi connectivity index (χ3v) is 4.06. The topological polar surface area (TPSA) is 32.5 Å². The second kappa shape index (κ2) is 7.34. The van der Waals surface area contributed by atoms with Crippen molar-refractivity contribution in [3.8, 4) is 0 Å². The normalized spacial score (nSPS) is 19.8. The zero-order chi connectivity index (χ0) is 12.7. The van der Waals surface area contributed by atoms with Crippen LogP contribution >= 0.6 is 0 Å². The lowest BCUT2D eigenvalue weighted by Crippen LogP contribution is -2.46. The van der Waals surface area contributed by atoms with Crippen molar-refractivity contribution in [1.82, 2.24) is 9.80 Å². The minimum absolute atomic E-state index is 0.431. The Morgan fingerprint density at radius 2 is 1.59 bits per heavy atom. The molecular formula is C14H31N3. The molecule has 1 fully saturated rings. The molecule has 0 saturated carbocycles. The van der Waals surface area contributed by atoms with Crippen LogP contribution in [-0.2, 0) is 0 Å². The van der Waals surface area contributed by atoms with Gasteiger partial charge in [-0.15, -0.1) is 0 Å². The zero-order valence-corrected chi connectivity index (χ0v) is 12.0. The highest BCUT2D eigenvalue weighted by molar-refractivity contribution is 4.73. The van der Waals surface area contributed by atoms with Crippen molar-refractivity contribution < 1.29 is 0 Å². The standard InChI is InChI=1S/C14H31N3/c1-4-16-10-12-17(13-11-16)9-5-6-14(2,3)7-8-15/h4-13,15H2,1-3H3. The second-order valence-corrected chi connectivity index (χ2v) is 6.08. The summed E-state index contributed by atoms with van der Waals surface area (Å²) in [6.45, 7) is 15.3. The maximum Gasteiger partial charge on any atom is 0.0110 e. The first-order valence-corrected chi connectivity index (χ1v) is 7.22. The van der Waals surface area contributed by atoms with Gasteiger partial charge in [-0.1, -0.05) is 20.8 Å². The van der Waals surface area contributed by atoms with Crippen molar-refractivity contribution in [1.29, 1.82) is 0 Å². The van der Waals surface area contributed by atoms with Gasteiger partial charge in [0.1, 0.15) is 0 Å². The third kappa shape index (κ3) is 5.84. The van der Waals surface area contributed by atoms with Crippen LogP contribution < -0.4 is 5.73 Å². The summed E-state index contributed by atoms with van der Waals surface area (Å²) in [6.07, 6.45) is 3.77. The number of rotatable bonds is 7. The minimum atomic E-state index is 0.431. The van der Waals surface area contributed by atoms with Gasteiger partial charge in [0.2, 0.25) is 0 Å². The quantitative estimate of drug-likeness (QED) is 0.737. The lowest BCUT2D eigenvalue weighted by atomic mass is 9.84. The van der Waals surface area contributed by atoms with Crippen molar-refractivity contribution in [2.75, 3.05) is 45.8 Å². The Morgan fingerprint density at radius 3 is 2.12 bits per heavy atom. The van der Waals surface area contributed by atoms with Crippen LogP contribution in [0.15, 0.2) is 0 Å². The van der Waals surface area contributed by atoms with Crippen LogP contribution in [0.5, 0.6) is 0 Å². The highest BCUT2D eigenvalue weighted by Crippen LogP contribution is 2.25. The Bertz CT molecular complexity index is 196. The Hall–Kier alpha value is -0.120. The van der Waals surface area contributed by atoms with Crippen LogP contribution in [-0.4, -0.2) is 55.6 Å². The Balaban J connectivity index is 2.11. The largest absolute Gasteiger partial charge is 0.330 e. The molecule has 0 bridgehead atoms. The molecule has 1 aliphatic rings. The lowest BCUT2D eigenvalue weighted by molar-refractivity contribution is 0.131. The average Bonchev–Trinajstić information content (AvgIpc) is 2.29. The molecule has 0 amide bonds. The van der Waals surface area contributed by atoms with Gasteiger partial charge in [-0.3, -0.25) is 0 Å². The number of hydrogen-bond donors (Lipinski definition) is 1. The van der Waals surface area contributed by atoms with Crippen LogP contribution in [0.4, 0.5) is 0 Å². The van der Waals surface area contributed by atoms with E-state index in [9.17, 15) is 0 Å². The highest BCUT2D eigenvalue weighted by atomic mass is 15.3. The van der Waals surface area contributed by atoms with Crippen molar-refractivity contribution in [3.63, 3.8) is 0 Å². The van der Waals surface area contributed by atoms with Crippen LogP contribution in [0.25, 0.3) is 0 Å². The van der Waals surface area contributed by atoms with E-state index in [2.05, 4.69) is 30.6 Å². The molecule has 0 radical (unpaired) electrons. The molecule has 0 spiro atoms. The molecule has 102 valence electrons. The first-order chi connectivity index (χ1) is 8.07. The van der Waals surface area contributed by atoms with E-state index in [1.807, 2.05) is 0 Å². The van der Waals surface area contributed by atoms with E-state index in [0.717, 1.165) is 13.0 Å². The predicted octanol–water partition coefficient (Wildman–Crippen LogP) is 1.78. The van der Waals surface area contributed by atoms with E-state index in [-0.39, 0.29) is 0 Å². The molecule has 17 heavy (non-hydrogen) atoms. The SMILES string of the molecule is CCN1CCN(CCCC(C)(C)CCN)CC1. The van der Waals surface area contributed by atoms with Crippen LogP contribution in [0, 0.1) is 5.41 Å². The van der Waals surface area contributed by atoms with Gasteiger partial charge in [0.15, 0.2) is 0 Å². The summed E-state index contributed by atoms with van der Waals surface area (Å²) in [5, 5.41) is 0. The fraction of sp³-hybridized carbons (Fsp3) is 1.00. The molecule has 1 heterocycles. The summed E-state index contributed by atoms with van der Waals surface area (Å²) < 4.78 is 0. The van der Waals surface area contributed by atoms with Crippen molar-refractivity contribution in [2.45, 2.75) is 40.0 Å². The van der Waals surface area contributed by atoms with E-state index in [0.29, 0.717) is 5.41 Å². The van der Waals surface area contributed by atoms with Gasteiger partial charge in [0, 0.05) is 26.2 Å². The fourth-order valence-electron chi connectivity index (χ4n) is 2.63. The van der Waals surface area contributed by atoms with Crippen LogP contribution in [0.2, 0.25) is 0 Å². The molecular weight excluding hydrogens is 210 g/mol. The van der Waals surface area contributed by atoms with E-state index >= 15 is 0 Å². The number of nitrogens with two attached hydrogens (primary N) is 1. The number of piperazine rings is 1. The van der Waals surface area contributed by atoms with Gasteiger partial charge in [0.25, 0.3) is 0 Å². The molecule has 1 saturated heterocycles. The van der Waals surface area contributed by atoms with Gasteiger partial charge < -0.3 is 15.5 Å². The summed E-state index contributed by atoms with van der Waals surface area (Å²) in [5.41, 5.74) is 6.07. The van der Waals surface area contributed by atoms with Crippen LogP contribution in [0.3, 0.4) is 0 Å². The summed E-state index contributed by atoms with van der Waals surface area (Å²) in [5.74, 6) is 0. The Morgan fingerprint density at radius 1 is 1.00 bits per heavy atom. The van der Waals surface area contributed by atoms with E-state index in [4.69, 9.17) is 5.73 Å². The number of likely N-dealkylation sites (N-methyl/N-ethyl adjacent to an activating group) is 1. The van der Waals surface area contributed by atoms with Crippen molar-refractivity contribution in [2.24, 2.45) is 11.1 Å². The predicted molar refractivity (Wildman–Crippen MR) is 75.2 cm³/mol. The summed E-state index contributed by atoms with van der Waals surface area (Å²) in [4.78, 5) is 5.15. The van der Waals surface area contributed by atoms with Crippen LogP contribution in [0.1, 0.15) is 40.0 Å². The average molecular weight is 241 g/mol. The monoisotopic (exact) mass is 241 g/mol. The number of nitrogens with zero attached hydrogens (tertiary/aromatic N) is 2. The zero-order valence-electron chi connectivity index (χ0n) is 12.0. The second-order valence-electron chi connectivity index (χ2n) is 6.08. The van der Waals surface area contributed by atoms with Crippen molar-refractivity contribution in [3.05, 3.63) is 0 Å². The smallest absolute Gasteiger partial charge is 0.0110 e. The van der Waals surface area contributed by atoms with Gasteiger partial charge in [-0.25, -0.2) is 0 Å². The molecule has 0 atom stereocenters. The molecule has 0 aromatic rings. The molecule has 1 rings (SSSR count). The van der Waals surface area contributed by atoms with Gasteiger partial charge in [-0.2, -0.15) is 0 Å². The molecule has 0 unspecified atom stereocenters. The molecule has 1 aliphatic heterocycles. The van der Waals surface area contributed by atoms with E-state index in [1.54, 1.807) is 0 Å². The maximum absolute atomic E-state index is 5.64. The lowest BCUT2D eigenvalue weighted by Gasteiger charge is -2.34. The molecule has 3 heteroatoms. The summed E-state index contributed by atoms with van der Waals surface area (Å²) >= 11 is 0. The molecule has 0 aliphatic carbocycles. The molecule has 0 aromatic carbocycles. The number of hydrogen-bond acceptors (Lipinski definition) is 3. The fourth-order valence-corrected chi connectivity index (χ4v) is 2.63. The molecule has 2 N–H and O–H groups in total. The maximum atomic E-state index is 5.64. The van der Waals surface area contributed by atoms with Gasteiger partial charge in [0.05, 0.1) is 0 Å². The van der Waals surface area contributed by atoms with Crippen molar-refractivity contribution >= 4 is 0 Å². The molecule has 3 nitrogen and oxygen atoms in total. The minimum Gasteiger partial charge on any atom is -0.330 e. The summed E-state index contributed by atoms with van der Waals surface area (Å²) in [7, 11) is 0. The van der Waals surface area contributed by atoms with E-state index in [1.165, 1.54) is 52.1 Å².